The minimum atomic E-state index is 0.481. The van der Waals surface area contributed by atoms with E-state index in [9.17, 15) is 0 Å². The summed E-state index contributed by atoms with van der Waals surface area (Å²) >= 11 is 0. The van der Waals surface area contributed by atoms with Gasteiger partial charge in [-0.15, -0.1) is 0 Å². The average Bonchev–Trinajstić information content (AvgIpc) is 2.85. The van der Waals surface area contributed by atoms with Gasteiger partial charge in [-0.3, -0.25) is 4.98 Å². The highest BCUT2D eigenvalue weighted by molar-refractivity contribution is 5.56. The number of ether oxygens (including phenoxy) is 1. The van der Waals surface area contributed by atoms with Gasteiger partial charge in [-0.25, -0.2) is 9.97 Å². The van der Waals surface area contributed by atoms with Crippen LogP contribution in [0.3, 0.4) is 0 Å². The standard InChI is InChI=1S/C16H21N5O/c1-22-12-14-10-15(21-8-3-6-17-7-9-21)20-16(19-14)13-4-2-5-18-11-13/h2,4-5,10-11,17H,3,6-9,12H2,1H3. The molecule has 1 aliphatic rings. The topological polar surface area (TPSA) is 63.2 Å². The van der Waals surface area contributed by atoms with E-state index in [1.807, 2.05) is 18.2 Å². The number of methoxy groups -OCH3 is 1. The Morgan fingerprint density at radius 3 is 3.05 bits per heavy atom. The molecule has 22 heavy (non-hydrogen) atoms. The Hall–Kier alpha value is -2.05. The predicted octanol–water partition coefficient (Wildman–Crippen LogP) is 1.48. The summed E-state index contributed by atoms with van der Waals surface area (Å²) in [6, 6.07) is 5.90. The lowest BCUT2D eigenvalue weighted by atomic mass is 10.2. The highest BCUT2D eigenvalue weighted by Crippen LogP contribution is 2.20. The molecule has 1 fully saturated rings. The van der Waals surface area contributed by atoms with E-state index < -0.39 is 0 Å². The number of anilines is 1. The Balaban J connectivity index is 1.96. The zero-order valence-electron chi connectivity index (χ0n) is 12.8. The van der Waals surface area contributed by atoms with Crippen molar-refractivity contribution in [2.45, 2.75) is 13.0 Å². The number of rotatable bonds is 4. The van der Waals surface area contributed by atoms with Crippen molar-refractivity contribution < 1.29 is 4.74 Å². The van der Waals surface area contributed by atoms with E-state index >= 15 is 0 Å². The molecule has 2 aromatic rings. The fourth-order valence-electron chi connectivity index (χ4n) is 2.57. The molecule has 6 heteroatoms. The molecular formula is C16H21N5O. The van der Waals surface area contributed by atoms with E-state index in [-0.39, 0.29) is 0 Å². The number of aromatic nitrogens is 3. The van der Waals surface area contributed by atoms with Gasteiger partial charge in [0.1, 0.15) is 5.82 Å². The first kappa shape index (κ1) is 14.9. The normalized spacial score (nSPS) is 15.6. The third-order valence-corrected chi connectivity index (χ3v) is 3.64. The SMILES string of the molecule is COCc1cc(N2CCCNCC2)nc(-c2cccnc2)n1. The van der Waals surface area contributed by atoms with Crippen molar-refractivity contribution in [2.24, 2.45) is 0 Å². The summed E-state index contributed by atoms with van der Waals surface area (Å²) in [5.41, 5.74) is 1.82. The molecule has 0 atom stereocenters. The van der Waals surface area contributed by atoms with Crippen LogP contribution >= 0.6 is 0 Å². The van der Waals surface area contributed by atoms with Crippen LogP contribution < -0.4 is 10.2 Å². The molecule has 0 aliphatic carbocycles. The Morgan fingerprint density at radius 1 is 1.27 bits per heavy atom. The first-order valence-electron chi connectivity index (χ1n) is 7.60. The lowest BCUT2D eigenvalue weighted by molar-refractivity contribution is 0.181. The van der Waals surface area contributed by atoms with Crippen molar-refractivity contribution in [1.29, 1.82) is 0 Å². The molecule has 1 N–H and O–H groups in total. The predicted molar refractivity (Wildman–Crippen MR) is 85.7 cm³/mol. The van der Waals surface area contributed by atoms with Gasteiger partial charge >= 0.3 is 0 Å². The van der Waals surface area contributed by atoms with Crippen molar-refractivity contribution in [3.8, 4) is 11.4 Å². The molecule has 6 nitrogen and oxygen atoms in total. The van der Waals surface area contributed by atoms with Crippen LogP contribution in [-0.4, -0.2) is 48.2 Å². The van der Waals surface area contributed by atoms with Crippen LogP contribution in [0, 0.1) is 0 Å². The second kappa shape index (κ2) is 7.29. The van der Waals surface area contributed by atoms with Crippen molar-refractivity contribution in [3.63, 3.8) is 0 Å². The maximum atomic E-state index is 5.25. The number of nitrogens with one attached hydrogen (secondary N) is 1. The highest BCUT2D eigenvalue weighted by Gasteiger charge is 2.14. The largest absolute Gasteiger partial charge is 0.378 e. The minimum absolute atomic E-state index is 0.481. The van der Waals surface area contributed by atoms with Gasteiger partial charge in [0.2, 0.25) is 0 Å². The van der Waals surface area contributed by atoms with E-state index in [2.05, 4.69) is 20.2 Å². The van der Waals surface area contributed by atoms with Gasteiger partial charge in [-0.1, -0.05) is 0 Å². The molecule has 1 aliphatic heterocycles. The second-order valence-electron chi connectivity index (χ2n) is 5.31. The number of pyridine rings is 1. The van der Waals surface area contributed by atoms with Crippen LogP contribution in [0.1, 0.15) is 12.1 Å². The van der Waals surface area contributed by atoms with Crippen LogP contribution in [0.2, 0.25) is 0 Å². The van der Waals surface area contributed by atoms with Crippen molar-refractivity contribution in [3.05, 3.63) is 36.3 Å². The molecule has 3 heterocycles. The van der Waals surface area contributed by atoms with E-state index in [0.29, 0.717) is 12.4 Å². The number of hydrogen-bond donors (Lipinski definition) is 1. The number of hydrogen-bond acceptors (Lipinski definition) is 6. The van der Waals surface area contributed by atoms with Crippen molar-refractivity contribution in [2.75, 3.05) is 38.2 Å². The zero-order valence-corrected chi connectivity index (χ0v) is 12.8. The van der Waals surface area contributed by atoms with Crippen LogP contribution in [0.15, 0.2) is 30.6 Å². The van der Waals surface area contributed by atoms with Gasteiger partial charge in [0.25, 0.3) is 0 Å². The van der Waals surface area contributed by atoms with Gasteiger partial charge in [-0.05, 0) is 25.1 Å². The zero-order chi connectivity index (χ0) is 15.2. The molecule has 0 saturated carbocycles. The number of nitrogens with zero attached hydrogens (tertiary/aromatic N) is 4. The Kier molecular flexibility index (Phi) is 4.92. The third kappa shape index (κ3) is 3.58. The molecule has 3 rings (SSSR count). The molecular weight excluding hydrogens is 278 g/mol. The maximum absolute atomic E-state index is 5.25. The molecule has 0 spiro atoms. The van der Waals surface area contributed by atoms with Crippen LogP contribution in [0.4, 0.5) is 5.82 Å². The molecule has 1 saturated heterocycles. The molecule has 0 amide bonds. The summed E-state index contributed by atoms with van der Waals surface area (Å²) in [5.74, 6) is 1.67. The molecule has 2 aromatic heterocycles. The van der Waals surface area contributed by atoms with E-state index in [4.69, 9.17) is 9.72 Å². The minimum Gasteiger partial charge on any atom is -0.378 e. The van der Waals surface area contributed by atoms with Crippen LogP contribution in [0.5, 0.6) is 0 Å². The maximum Gasteiger partial charge on any atom is 0.163 e. The monoisotopic (exact) mass is 299 g/mol. The smallest absolute Gasteiger partial charge is 0.163 e. The van der Waals surface area contributed by atoms with Gasteiger partial charge < -0.3 is 15.0 Å². The Bertz CT molecular complexity index is 597. The quantitative estimate of drug-likeness (QED) is 0.923. The summed E-state index contributed by atoms with van der Waals surface area (Å²) in [5, 5.41) is 3.41. The summed E-state index contributed by atoms with van der Waals surface area (Å²) in [7, 11) is 1.68. The van der Waals surface area contributed by atoms with E-state index in [0.717, 1.165) is 49.7 Å². The van der Waals surface area contributed by atoms with Crippen LogP contribution in [-0.2, 0) is 11.3 Å². The molecule has 0 aromatic carbocycles. The highest BCUT2D eigenvalue weighted by atomic mass is 16.5. The van der Waals surface area contributed by atoms with E-state index in [1.54, 1.807) is 19.5 Å². The first-order chi connectivity index (χ1) is 10.9. The van der Waals surface area contributed by atoms with Gasteiger partial charge in [0, 0.05) is 50.8 Å². The van der Waals surface area contributed by atoms with Gasteiger partial charge in [0.15, 0.2) is 5.82 Å². The van der Waals surface area contributed by atoms with Gasteiger partial charge in [-0.2, -0.15) is 0 Å². The fraction of sp³-hybridized carbons (Fsp3) is 0.438. The first-order valence-corrected chi connectivity index (χ1v) is 7.60. The fourth-order valence-corrected chi connectivity index (χ4v) is 2.57. The molecule has 116 valence electrons. The van der Waals surface area contributed by atoms with Crippen LogP contribution in [0.25, 0.3) is 11.4 Å². The molecule has 0 radical (unpaired) electrons. The average molecular weight is 299 g/mol. The lowest BCUT2D eigenvalue weighted by Crippen LogP contribution is -2.29. The van der Waals surface area contributed by atoms with E-state index in [1.165, 1.54) is 0 Å². The Labute approximate surface area is 130 Å². The van der Waals surface area contributed by atoms with Gasteiger partial charge in [0.05, 0.1) is 12.3 Å². The van der Waals surface area contributed by atoms with Crippen molar-refractivity contribution in [1.82, 2.24) is 20.3 Å². The molecule has 0 unspecified atom stereocenters. The summed E-state index contributed by atoms with van der Waals surface area (Å²) in [6.07, 6.45) is 4.66. The third-order valence-electron chi connectivity index (χ3n) is 3.64. The summed E-state index contributed by atoms with van der Waals surface area (Å²) < 4.78 is 5.25. The second-order valence-corrected chi connectivity index (χ2v) is 5.31. The molecule has 0 bridgehead atoms. The Morgan fingerprint density at radius 2 is 2.23 bits per heavy atom. The van der Waals surface area contributed by atoms with Crippen molar-refractivity contribution >= 4 is 5.82 Å². The lowest BCUT2D eigenvalue weighted by Gasteiger charge is -2.22. The summed E-state index contributed by atoms with van der Waals surface area (Å²) in [6.45, 7) is 4.47. The summed E-state index contributed by atoms with van der Waals surface area (Å²) in [4.78, 5) is 15.8.